The fourth-order valence-corrected chi connectivity index (χ4v) is 3.49. The first kappa shape index (κ1) is 20.1. The van der Waals surface area contributed by atoms with Gasteiger partial charge in [0.1, 0.15) is 0 Å². The van der Waals surface area contributed by atoms with Crippen molar-refractivity contribution in [3.05, 3.63) is 0 Å². The van der Waals surface area contributed by atoms with Gasteiger partial charge in [0, 0.05) is 30.1 Å². The Labute approximate surface area is 132 Å². The molecule has 0 unspecified atom stereocenters. The Hall–Kier alpha value is 0.130. The number of nitrogens with one attached hydrogen (secondary N) is 1. The molecule has 1 amide bonds. The Kier molecular flexibility index (Phi) is 10.0. The van der Waals surface area contributed by atoms with Gasteiger partial charge in [-0.05, 0) is 11.8 Å². The van der Waals surface area contributed by atoms with E-state index in [2.05, 4.69) is 46.9 Å². The highest BCUT2D eigenvalue weighted by Gasteiger charge is 2.11. The van der Waals surface area contributed by atoms with Crippen LogP contribution in [0.5, 0.6) is 0 Å². The Bertz CT molecular complexity index is 270. The average Bonchev–Trinajstić information content (AvgIpc) is 2.26. The van der Waals surface area contributed by atoms with Crippen LogP contribution < -0.4 is 5.32 Å². The first-order chi connectivity index (χ1) is 9.10. The fourth-order valence-electron chi connectivity index (χ4n) is 1.22. The lowest BCUT2D eigenvalue weighted by atomic mass is 9.99. The smallest absolute Gasteiger partial charge is 0.220 e. The van der Waals surface area contributed by atoms with Crippen LogP contribution >= 0.6 is 21.6 Å². The van der Waals surface area contributed by atoms with Gasteiger partial charge in [0.25, 0.3) is 0 Å². The van der Waals surface area contributed by atoms with E-state index in [-0.39, 0.29) is 16.1 Å². The quantitative estimate of drug-likeness (QED) is 0.512. The number of hydrogen-bond acceptors (Lipinski definition) is 4. The van der Waals surface area contributed by atoms with Crippen LogP contribution in [0.1, 0.15) is 54.4 Å². The number of carbonyl (C=O) groups excluding carboxylic acids is 1. The summed E-state index contributed by atoms with van der Waals surface area (Å²) in [6.45, 7) is 15.2. The first-order valence-electron chi connectivity index (χ1n) is 7.25. The van der Waals surface area contributed by atoms with Gasteiger partial charge in [-0.3, -0.25) is 4.79 Å². The number of rotatable bonds is 9. The SMILES string of the molecule is CC(C)(C)COCCCNC(=O)CCSSC(C)(C)C. The predicted octanol–water partition coefficient (Wildman–Crippen LogP) is 4.13. The molecule has 0 atom stereocenters. The molecule has 0 aromatic heterocycles. The third-order valence-corrected chi connectivity index (χ3v) is 5.39. The van der Waals surface area contributed by atoms with Crippen LogP contribution in [0.3, 0.4) is 0 Å². The Balaban J connectivity index is 3.37. The van der Waals surface area contributed by atoms with E-state index in [0.717, 1.165) is 18.8 Å². The zero-order valence-corrected chi connectivity index (χ0v) is 15.5. The Morgan fingerprint density at radius 2 is 1.80 bits per heavy atom. The Morgan fingerprint density at radius 1 is 1.15 bits per heavy atom. The molecule has 120 valence electrons. The van der Waals surface area contributed by atoms with Gasteiger partial charge in [-0.2, -0.15) is 0 Å². The van der Waals surface area contributed by atoms with Crippen molar-refractivity contribution < 1.29 is 9.53 Å². The highest BCUT2D eigenvalue weighted by molar-refractivity contribution is 8.77. The van der Waals surface area contributed by atoms with E-state index in [9.17, 15) is 4.79 Å². The van der Waals surface area contributed by atoms with Gasteiger partial charge in [-0.25, -0.2) is 0 Å². The molecular formula is C15H31NO2S2. The molecule has 0 aromatic carbocycles. The van der Waals surface area contributed by atoms with Gasteiger partial charge >= 0.3 is 0 Å². The van der Waals surface area contributed by atoms with Gasteiger partial charge in [0.15, 0.2) is 0 Å². The van der Waals surface area contributed by atoms with Crippen molar-refractivity contribution in [2.75, 3.05) is 25.5 Å². The second-order valence-electron chi connectivity index (χ2n) is 7.08. The largest absolute Gasteiger partial charge is 0.381 e. The maximum atomic E-state index is 11.6. The molecule has 3 nitrogen and oxygen atoms in total. The number of ether oxygens (including phenoxy) is 1. The monoisotopic (exact) mass is 321 g/mol. The number of carbonyl (C=O) groups is 1. The van der Waals surface area contributed by atoms with Gasteiger partial charge < -0.3 is 10.1 Å². The molecule has 0 heterocycles. The lowest BCUT2D eigenvalue weighted by Crippen LogP contribution is -2.26. The molecule has 0 aromatic rings. The summed E-state index contributed by atoms with van der Waals surface area (Å²) < 4.78 is 5.81. The topological polar surface area (TPSA) is 38.3 Å². The standard InChI is InChI=1S/C15H31NO2S2/c1-14(2,3)12-18-10-7-9-16-13(17)8-11-19-20-15(4,5)6/h7-12H2,1-6H3,(H,16,17). The molecule has 0 spiro atoms. The third kappa shape index (κ3) is 16.2. The minimum atomic E-state index is 0.142. The molecule has 0 aliphatic carbocycles. The third-order valence-electron chi connectivity index (χ3n) is 2.04. The van der Waals surface area contributed by atoms with Gasteiger partial charge in [-0.15, -0.1) is 0 Å². The van der Waals surface area contributed by atoms with Crippen molar-refractivity contribution in [3.63, 3.8) is 0 Å². The summed E-state index contributed by atoms with van der Waals surface area (Å²) in [6.07, 6.45) is 1.47. The van der Waals surface area contributed by atoms with E-state index in [1.54, 1.807) is 10.8 Å². The minimum absolute atomic E-state index is 0.142. The van der Waals surface area contributed by atoms with E-state index in [0.29, 0.717) is 19.6 Å². The van der Waals surface area contributed by atoms with Gasteiger partial charge in [0.2, 0.25) is 5.91 Å². The Morgan fingerprint density at radius 3 is 2.35 bits per heavy atom. The summed E-state index contributed by atoms with van der Waals surface area (Å²) in [5.41, 5.74) is 0.213. The van der Waals surface area contributed by atoms with Gasteiger partial charge in [0.05, 0.1) is 6.61 Å². The lowest BCUT2D eigenvalue weighted by molar-refractivity contribution is -0.120. The minimum Gasteiger partial charge on any atom is -0.381 e. The van der Waals surface area contributed by atoms with Crippen LogP contribution in [0.4, 0.5) is 0 Å². The summed E-state index contributed by atoms with van der Waals surface area (Å²) >= 11 is 0. The van der Waals surface area contributed by atoms with E-state index in [4.69, 9.17) is 4.74 Å². The van der Waals surface area contributed by atoms with Crippen molar-refractivity contribution in [2.45, 2.75) is 59.1 Å². The second kappa shape index (κ2) is 9.96. The summed E-state index contributed by atoms with van der Waals surface area (Å²) in [7, 11) is 3.60. The maximum Gasteiger partial charge on any atom is 0.220 e. The van der Waals surface area contributed by atoms with Crippen molar-refractivity contribution in [2.24, 2.45) is 5.41 Å². The van der Waals surface area contributed by atoms with Crippen molar-refractivity contribution >= 4 is 27.5 Å². The van der Waals surface area contributed by atoms with Crippen LogP contribution in [-0.2, 0) is 9.53 Å². The lowest BCUT2D eigenvalue weighted by Gasteiger charge is -2.18. The molecule has 0 radical (unpaired) electrons. The summed E-state index contributed by atoms with van der Waals surface area (Å²) in [5, 5.41) is 2.94. The molecule has 0 saturated heterocycles. The molecule has 0 rings (SSSR count). The van der Waals surface area contributed by atoms with Crippen molar-refractivity contribution in [3.8, 4) is 0 Å². The first-order valence-corrected chi connectivity index (χ1v) is 9.57. The van der Waals surface area contributed by atoms with Crippen LogP contribution in [0.25, 0.3) is 0 Å². The molecule has 5 heteroatoms. The predicted molar refractivity (Wildman–Crippen MR) is 92.3 cm³/mol. The molecule has 0 saturated carbocycles. The number of hydrogen-bond donors (Lipinski definition) is 1. The molecule has 0 fully saturated rings. The highest BCUT2D eigenvalue weighted by atomic mass is 33.1. The molecule has 0 aliphatic heterocycles. The number of amides is 1. The zero-order valence-electron chi connectivity index (χ0n) is 13.9. The van der Waals surface area contributed by atoms with Crippen LogP contribution in [0.2, 0.25) is 0 Å². The van der Waals surface area contributed by atoms with Gasteiger partial charge in [-0.1, -0.05) is 63.1 Å². The fraction of sp³-hybridized carbons (Fsp3) is 0.933. The molecule has 20 heavy (non-hydrogen) atoms. The van der Waals surface area contributed by atoms with E-state index in [1.165, 1.54) is 0 Å². The summed E-state index contributed by atoms with van der Waals surface area (Å²) in [4.78, 5) is 11.6. The van der Waals surface area contributed by atoms with Crippen molar-refractivity contribution in [1.29, 1.82) is 0 Å². The van der Waals surface area contributed by atoms with E-state index < -0.39 is 0 Å². The molecular weight excluding hydrogens is 290 g/mol. The molecule has 1 N–H and O–H groups in total. The average molecular weight is 322 g/mol. The summed E-state index contributed by atoms with van der Waals surface area (Å²) in [6, 6.07) is 0. The molecule has 0 bridgehead atoms. The highest BCUT2D eigenvalue weighted by Crippen LogP contribution is 2.35. The van der Waals surface area contributed by atoms with E-state index in [1.807, 2.05) is 10.8 Å². The zero-order chi connectivity index (χ0) is 15.6. The van der Waals surface area contributed by atoms with Crippen LogP contribution in [0, 0.1) is 5.41 Å². The van der Waals surface area contributed by atoms with Crippen LogP contribution in [0.15, 0.2) is 0 Å². The second-order valence-corrected chi connectivity index (χ2v) is 10.3. The molecule has 0 aliphatic rings. The summed E-state index contributed by atoms with van der Waals surface area (Å²) in [5.74, 6) is 1.01. The van der Waals surface area contributed by atoms with E-state index >= 15 is 0 Å². The van der Waals surface area contributed by atoms with Crippen molar-refractivity contribution in [1.82, 2.24) is 5.32 Å². The normalized spacial score (nSPS) is 12.5. The van der Waals surface area contributed by atoms with Crippen LogP contribution in [-0.4, -0.2) is 36.2 Å². The maximum absolute atomic E-state index is 11.6.